The molecule has 1 rings (SSSR count). The third-order valence-electron chi connectivity index (χ3n) is 2.62. The second kappa shape index (κ2) is 7.14. The van der Waals surface area contributed by atoms with Gasteiger partial charge in [-0.25, -0.2) is 31.6 Å². The molecule has 0 fully saturated rings. The number of esters is 1. The van der Waals surface area contributed by atoms with E-state index in [0.29, 0.717) is 12.8 Å². The van der Waals surface area contributed by atoms with Crippen LogP contribution in [0.25, 0.3) is 0 Å². The molecule has 0 aromatic carbocycles. The molecule has 0 radical (unpaired) electrons. The average Bonchev–Trinajstić information content (AvgIpc) is 2.45. The topological polar surface area (TPSA) is 120 Å². The molecule has 8 nitrogen and oxygen atoms in total. The zero-order valence-corrected chi connectivity index (χ0v) is 14.2. The van der Waals surface area contributed by atoms with Gasteiger partial charge in [-0.15, -0.1) is 0 Å². The molecule has 0 aliphatic rings. The molecular formula is C12H18N2O6S2. The van der Waals surface area contributed by atoms with Gasteiger partial charge in [0.2, 0.25) is 15.0 Å². The summed E-state index contributed by atoms with van der Waals surface area (Å²) in [4.78, 5) is 18.9. The standard InChI is InChI=1S/C12H18N2O6S2/c1-4-6-21(16,17)10-8-9(11(15)20-3)13-12(14-10)22(18,19)7-5-2/h8H,4-7H2,1-3H3. The largest absolute Gasteiger partial charge is 0.464 e. The summed E-state index contributed by atoms with van der Waals surface area (Å²) in [5.41, 5.74) is -0.401. The lowest BCUT2D eigenvalue weighted by atomic mass is 10.4. The maximum atomic E-state index is 12.1. The first-order valence-electron chi connectivity index (χ1n) is 6.60. The molecule has 0 aliphatic carbocycles. The van der Waals surface area contributed by atoms with Gasteiger partial charge in [-0.3, -0.25) is 0 Å². The lowest BCUT2D eigenvalue weighted by Gasteiger charge is -2.08. The maximum absolute atomic E-state index is 12.1. The summed E-state index contributed by atoms with van der Waals surface area (Å²) in [7, 11) is -6.57. The number of sulfone groups is 2. The number of nitrogens with zero attached hydrogens (tertiary/aromatic N) is 2. The van der Waals surface area contributed by atoms with E-state index in [0.717, 1.165) is 13.2 Å². The zero-order chi connectivity index (χ0) is 17.0. The molecule has 1 aromatic rings. The molecular weight excluding hydrogens is 332 g/mol. The Hall–Kier alpha value is -1.55. The number of carbonyl (C=O) groups excluding carboxylic acids is 1. The minimum Gasteiger partial charge on any atom is -0.464 e. The van der Waals surface area contributed by atoms with Crippen LogP contribution in [0.15, 0.2) is 16.2 Å². The predicted molar refractivity (Wildman–Crippen MR) is 78.1 cm³/mol. The fourth-order valence-electron chi connectivity index (χ4n) is 1.64. The van der Waals surface area contributed by atoms with E-state index < -0.39 is 41.5 Å². The third kappa shape index (κ3) is 4.23. The quantitative estimate of drug-likeness (QED) is 0.399. The first-order valence-corrected chi connectivity index (χ1v) is 9.91. The third-order valence-corrected chi connectivity index (χ3v) is 6.10. The minimum absolute atomic E-state index is 0.210. The number of ether oxygens (including phenoxy) is 1. The summed E-state index contributed by atoms with van der Waals surface area (Å²) in [6.07, 6.45) is 0.641. The van der Waals surface area contributed by atoms with Gasteiger partial charge in [-0.2, -0.15) is 0 Å². The summed E-state index contributed by atoms with van der Waals surface area (Å²) >= 11 is 0. The molecule has 10 heteroatoms. The van der Waals surface area contributed by atoms with Crippen molar-refractivity contribution < 1.29 is 26.4 Å². The summed E-state index contributed by atoms with van der Waals surface area (Å²) in [6, 6.07) is 0.932. The SMILES string of the molecule is CCCS(=O)(=O)c1cc(C(=O)OC)nc(S(=O)(=O)CCC)n1. The van der Waals surface area contributed by atoms with Crippen molar-refractivity contribution in [1.29, 1.82) is 0 Å². The second-order valence-corrected chi connectivity index (χ2v) is 8.56. The molecule has 0 atom stereocenters. The normalized spacial score (nSPS) is 12.1. The van der Waals surface area contributed by atoms with Crippen molar-refractivity contribution in [2.24, 2.45) is 0 Å². The van der Waals surface area contributed by atoms with Gasteiger partial charge in [-0.1, -0.05) is 13.8 Å². The van der Waals surface area contributed by atoms with Crippen LogP contribution < -0.4 is 0 Å². The smallest absolute Gasteiger partial charge is 0.356 e. The highest BCUT2D eigenvalue weighted by Gasteiger charge is 2.25. The van der Waals surface area contributed by atoms with Crippen LogP contribution in [-0.4, -0.2) is 51.4 Å². The fourth-order valence-corrected chi connectivity index (χ4v) is 4.16. The van der Waals surface area contributed by atoms with E-state index in [1.54, 1.807) is 13.8 Å². The van der Waals surface area contributed by atoms with Crippen LogP contribution in [0.2, 0.25) is 0 Å². The van der Waals surface area contributed by atoms with E-state index in [1.165, 1.54) is 0 Å². The molecule has 0 amide bonds. The van der Waals surface area contributed by atoms with Crippen LogP contribution in [0.3, 0.4) is 0 Å². The molecule has 22 heavy (non-hydrogen) atoms. The summed E-state index contributed by atoms with van der Waals surface area (Å²) in [5.74, 6) is -1.38. The van der Waals surface area contributed by atoms with Crippen molar-refractivity contribution in [3.8, 4) is 0 Å². The molecule has 0 N–H and O–H groups in total. The van der Waals surface area contributed by atoms with Crippen molar-refractivity contribution >= 4 is 25.6 Å². The number of carbonyl (C=O) groups is 1. The summed E-state index contributed by atoms with van der Waals surface area (Å²) in [6.45, 7) is 3.31. The van der Waals surface area contributed by atoms with E-state index in [9.17, 15) is 21.6 Å². The summed E-state index contributed by atoms with van der Waals surface area (Å²) in [5, 5.41) is -1.16. The van der Waals surface area contributed by atoms with Gasteiger partial charge >= 0.3 is 5.97 Å². The minimum atomic E-state index is -3.87. The zero-order valence-electron chi connectivity index (χ0n) is 12.6. The average molecular weight is 350 g/mol. The van der Waals surface area contributed by atoms with Crippen LogP contribution in [0.1, 0.15) is 37.2 Å². The highest BCUT2D eigenvalue weighted by Crippen LogP contribution is 2.16. The molecule has 0 saturated carbocycles. The lowest BCUT2D eigenvalue weighted by Crippen LogP contribution is -2.18. The Morgan fingerprint density at radius 3 is 2.09 bits per heavy atom. The number of aromatic nitrogens is 2. The van der Waals surface area contributed by atoms with Gasteiger partial charge < -0.3 is 4.74 Å². The van der Waals surface area contributed by atoms with Gasteiger partial charge in [0.1, 0.15) is 0 Å². The van der Waals surface area contributed by atoms with E-state index >= 15 is 0 Å². The Balaban J connectivity index is 3.57. The van der Waals surface area contributed by atoms with Crippen molar-refractivity contribution in [2.45, 2.75) is 36.9 Å². The van der Waals surface area contributed by atoms with Crippen LogP contribution in [-0.2, 0) is 24.4 Å². The van der Waals surface area contributed by atoms with E-state index in [2.05, 4.69) is 14.7 Å². The van der Waals surface area contributed by atoms with Crippen LogP contribution in [0, 0.1) is 0 Å². The second-order valence-electron chi connectivity index (χ2n) is 4.50. The highest BCUT2D eigenvalue weighted by atomic mass is 32.2. The number of hydrogen-bond acceptors (Lipinski definition) is 8. The molecule has 0 bridgehead atoms. The van der Waals surface area contributed by atoms with E-state index in [-0.39, 0.29) is 11.5 Å². The summed E-state index contributed by atoms with van der Waals surface area (Å²) < 4.78 is 52.8. The van der Waals surface area contributed by atoms with Gasteiger partial charge in [0.15, 0.2) is 20.6 Å². The molecule has 124 valence electrons. The molecule has 1 aromatic heterocycles. The number of methoxy groups -OCH3 is 1. The van der Waals surface area contributed by atoms with Gasteiger partial charge in [0.25, 0.3) is 0 Å². The maximum Gasteiger partial charge on any atom is 0.356 e. The highest BCUT2D eigenvalue weighted by molar-refractivity contribution is 7.92. The Morgan fingerprint density at radius 2 is 1.59 bits per heavy atom. The Labute approximate surface area is 129 Å². The fraction of sp³-hybridized carbons (Fsp3) is 0.583. The van der Waals surface area contributed by atoms with Gasteiger partial charge in [0, 0.05) is 6.07 Å². The molecule has 1 heterocycles. The molecule has 0 aliphatic heterocycles. The monoisotopic (exact) mass is 350 g/mol. The molecule has 0 saturated heterocycles. The first-order chi connectivity index (χ1) is 10.2. The first kappa shape index (κ1) is 18.5. The van der Waals surface area contributed by atoms with Crippen molar-refractivity contribution in [1.82, 2.24) is 9.97 Å². The van der Waals surface area contributed by atoms with Crippen LogP contribution >= 0.6 is 0 Å². The Morgan fingerprint density at radius 1 is 1.05 bits per heavy atom. The molecule has 0 spiro atoms. The number of rotatable bonds is 7. The lowest BCUT2D eigenvalue weighted by molar-refractivity contribution is 0.0592. The van der Waals surface area contributed by atoms with Crippen LogP contribution in [0.5, 0.6) is 0 Å². The molecule has 0 unspecified atom stereocenters. The predicted octanol–water partition coefficient (Wildman–Crippen LogP) is 0.631. The van der Waals surface area contributed by atoms with Crippen molar-refractivity contribution in [3.05, 3.63) is 11.8 Å². The van der Waals surface area contributed by atoms with E-state index in [4.69, 9.17) is 0 Å². The Bertz CT molecular complexity index is 702. The Kier molecular flexibility index (Phi) is 6.00. The van der Waals surface area contributed by atoms with Crippen molar-refractivity contribution in [2.75, 3.05) is 18.6 Å². The van der Waals surface area contributed by atoms with Crippen molar-refractivity contribution in [3.63, 3.8) is 0 Å². The van der Waals surface area contributed by atoms with Crippen LogP contribution in [0.4, 0.5) is 0 Å². The number of hydrogen-bond donors (Lipinski definition) is 0. The van der Waals surface area contributed by atoms with Gasteiger partial charge in [-0.05, 0) is 12.8 Å². The van der Waals surface area contributed by atoms with E-state index in [1.807, 2.05) is 0 Å². The van der Waals surface area contributed by atoms with Gasteiger partial charge in [0.05, 0.1) is 18.6 Å².